The van der Waals surface area contributed by atoms with Crippen molar-refractivity contribution in [3.8, 4) is 0 Å². The van der Waals surface area contributed by atoms with Gasteiger partial charge in [-0.25, -0.2) is 4.98 Å². The summed E-state index contributed by atoms with van der Waals surface area (Å²) in [4.78, 5) is 43.8. The zero-order valence-corrected chi connectivity index (χ0v) is 15.0. The van der Waals surface area contributed by atoms with Crippen molar-refractivity contribution in [2.75, 3.05) is 44.6 Å². The molecule has 0 unspecified atom stereocenters. The monoisotopic (exact) mass is 363 g/mol. The molecule has 1 N–H and O–H groups in total. The third-order valence-corrected chi connectivity index (χ3v) is 4.75. The Balaban J connectivity index is 1.52. The molecular weight excluding hydrogens is 338 g/mol. The first kappa shape index (κ1) is 18.4. The lowest BCUT2D eigenvalue weighted by Gasteiger charge is -2.35. The maximum Gasteiger partial charge on any atom is 0.293 e. The molecule has 0 bridgehead atoms. The molecule has 1 atom stereocenters. The Kier molecular flexibility index (Phi) is 5.87. The van der Waals surface area contributed by atoms with Crippen LogP contribution in [0.15, 0.2) is 17.2 Å². The third kappa shape index (κ3) is 4.40. The molecule has 0 aromatic carbocycles. The van der Waals surface area contributed by atoms with Crippen LogP contribution in [0.1, 0.15) is 19.3 Å². The highest BCUT2D eigenvalue weighted by atomic mass is 16.5. The van der Waals surface area contributed by atoms with E-state index in [9.17, 15) is 14.4 Å². The second-order valence-corrected chi connectivity index (χ2v) is 6.68. The molecule has 26 heavy (non-hydrogen) atoms. The highest BCUT2D eigenvalue weighted by Crippen LogP contribution is 2.12. The van der Waals surface area contributed by atoms with Crippen LogP contribution in [0, 0.1) is 0 Å². The van der Waals surface area contributed by atoms with Crippen molar-refractivity contribution < 1.29 is 14.3 Å². The average Bonchev–Trinajstić information content (AvgIpc) is 2.65. The Bertz CT molecular complexity index is 719. The molecule has 2 aliphatic rings. The minimum absolute atomic E-state index is 0.0534. The molecule has 9 heteroatoms. The summed E-state index contributed by atoms with van der Waals surface area (Å²) in [7, 11) is 1.66. The number of morpholine rings is 1. The summed E-state index contributed by atoms with van der Waals surface area (Å²) in [5.74, 6) is 0.269. The molecule has 0 spiro atoms. The molecule has 2 amide bonds. The lowest BCUT2D eigenvalue weighted by atomic mass is 10.1. The van der Waals surface area contributed by atoms with Gasteiger partial charge in [0.15, 0.2) is 5.82 Å². The molecule has 1 aromatic heterocycles. The van der Waals surface area contributed by atoms with Gasteiger partial charge < -0.3 is 24.4 Å². The molecule has 1 aromatic rings. The standard InChI is InChI=1S/C17H25N5O4/c1-20-7-5-18-16(17(20)25)19-10-13-11-22(8-9-26-13)15(24)12-21-6-3-2-4-14(21)23/h5,7,13H,2-4,6,8-12H2,1H3,(H,18,19)/t13-/m1/s1. The van der Waals surface area contributed by atoms with Gasteiger partial charge in [-0.1, -0.05) is 0 Å². The smallest absolute Gasteiger partial charge is 0.293 e. The van der Waals surface area contributed by atoms with Crippen molar-refractivity contribution in [3.05, 3.63) is 22.7 Å². The van der Waals surface area contributed by atoms with Gasteiger partial charge in [-0.15, -0.1) is 0 Å². The number of nitrogens with one attached hydrogen (secondary N) is 1. The van der Waals surface area contributed by atoms with Gasteiger partial charge in [0.1, 0.15) is 0 Å². The lowest BCUT2D eigenvalue weighted by molar-refractivity contribution is -0.145. The van der Waals surface area contributed by atoms with E-state index in [-0.39, 0.29) is 35.8 Å². The topological polar surface area (TPSA) is 96.8 Å². The molecule has 142 valence electrons. The van der Waals surface area contributed by atoms with E-state index < -0.39 is 0 Å². The van der Waals surface area contributed by atoms with Crippen LogP contribution in [-0.2, 0) is 21.4 Å². The summed E-state index contributed by atoms with van der Waals surface area (Å²) >= 11 is 0. The van der Waals surface area contributed by atoms with E-state index in [1.165, 1.54) is 4.57 Å². The van der Waals surface area contributed by atoms with Crippen LogP contribution < -0.4 is 10.9 Å². The van der Waals surface area contributed by atoms with E-state index in [0.29, 0.717) is 39.2 Å². The fourth-order valence-electron chi connectivity index (χ4n) is 3.19. The molecule has 0 radical (unpaired) electrons. The quantitative estimate of drug-likeness (QED) is 0.753. The fourth-order valence-corrected chi connectivity index (χ4v) is 3.19. The van der Waals surface area contributed by atoms with Gasteiger partial charge in [0.2, 0.25) is 11.8 Å². The Labute approximate surface area is 151 Å². The number of ether oxygens (including phenoxy) is 1. The molecule has 3 rings (SSSR count). The van der Waals surface area contributed by atoms with E-state index in [1.54, 1.807) is 29.2 Å². The normalized spacial score (nSPS) is 21.0. The summed E-state index contributed by atoms with van der Waals surface area (Å²) in [6.07, 6.45) is 5.30. The van der Waals surface area contributed by atoms with Gasteiger partial charge in [-0.05, 0) is 12.8 Å². The third-order valence-electron chi connectivity index (χ3n) is 4.75. The number of anilines is 1. The molecular formula is C17H25N5O4. The number of hydrogen-bond donors (Lipinski definition) is 1. The Morgan fingerprint density at radius 1 is 1.35 bits per heavy atom. The maximum atomic E-state index is 12.5. The molecule has 0 aliphatic carbocycles. The van der Waals surface area contributed by atoms with Gasteiger partial charge in [0.25, 0.3) is 5.56 Å². The van der Waals surface area contributed by atoms with E-state index in [2.05, 4.69) is 10.3 Å². The summed E-state index contributed by atoms with van der Waals surface area (Å²) in [6.45, 7) is 2.57. The predicted octanol–water partition coefficient (Wildman–Crippen LogP) is -0.568. The Morgan fingerprint density at radius 2 is 2.19 bits per heavy atom. The minimum atomic E-state index is -0.225. The van der Waals surface area contributed by atoms with Gasteiger partial charge in [0.05, 0.1) is 19.3 Å². The maximum absolute atomic E-state index is 12.5. The highest BCUT2D eigenvalue weighted by Gasteiger charge is 2.27. The summed E-state index contributed by atoms with van der Waals surface area (Å²) in [5, 5.41) is 3.00. The Hall–Kier alpha value is -2.42. The van der Waals surface area contributed by atoms with Gasteiger partial charge in [-0.2, -0.15) is 0 Å². The first-order valence-corrected chi connectivity index (χ1v) is 8.97. The van der Waals surface area contributed by atoms with Crippen molar-refractivity contribution in [1.29, 1.82) is 0 Å². The Morgan fingerprint density at radius 3 is 3.00 bits per heavy atom. The van der Waals surface area contributed by atoms with E-state index in [1.807, 2.05) is 0 Å². The average molecular weight is 363 g/mol. The molecule has 3 heterocycles. The number of carbonyl (C=O) groups is 2. The van der Waals surface area contributed by atoms with Crippen LogP contribution in [0.4, 0.5) is 5.82 Å². The number of aryl methyl sites for hydroxylation is 1. The second-order valence-electron chi connectivity index (χ2n) is 6.68. The molecule has 9 nitrogen and oxygen atoms in total. The van der Waals surface area contributed by atoms with E-state index in [4.69, 9.17) is 4.74 Å². The number of aromatic nitrogens is 2. The number of amides is 2. The van der Waals surface area contributed by atoms with Crippen molar-refractivity contribution in [2.45, 2.75) is 25.4 Å². The fraction of sp³-hybridized carbons (Fsp3) is 0.647. The molecule has 2 saturated heterocycles. The number of piperidine rings is 1. The number of rotatable bonds is 5. The van der Waals surface area contributed by atoms with Crippen LogP contribution in [0.3, 0.4) is 0 Å². The van der Waals surface area contributed by atoms with Crippen molar-refractivity contribution in [3.63, 3.8) is 0 Å². The zero-order chi connectivity index (χ0) is 18.5. The van der Waals surface area contributed by atoms with Crippen molar-refractivity contribution in [2.24, 2.45) is 7.05 Å². The lowest BCUT2D eigenvalue weighted by Crippen LogP contribution is -2.52. The number of carbonyl (C=O) groups excluding carboxylic acids is 2. The van der Waals surface area contributed by atoms with Gasteiger partial charge in [-0.3, -0.25) is 14.4 Å². The van der Waals surface area contributed by atoms with Crippen LogP contribution in [0.2, 0.25) is 0 Å². The van der Waals surface area contributed by atoms with Gasteiger partial charge >= 0.3 is 0 Å². The SMILES string of the molecule is Cn1ccnc(NC[C@@H]2CN(C(=O)CN3CCCCC3=O)CCO2)c1=O. The van der Waals surface area contributed by atoms with Crippen molar-refractivity contribution >= 4 is 17.6 Å². The van der Waals surface area contributed by atoms with Crippen LogP contribution in [0.25, 0.3) is 0 Å². The predicted molar refractivity (Wildman–Crippen MR) is 94.7 cm³/mol. The van der Waals surface area contributed by atoms with E-state index >= 15 is 0 Å². The second kappa shape index (κ2) is 8.31. The van der Waals surface area contributed by atoms with Crippen LogP contribution in [0.5, 0.6) is 0 Å². The van der Waals surface area contributed by atoms with Crippen LogP contribution >= 0.6 is 0 Å². The number of hydrogen-bond acceptors (Lipinski definition) is 6. The summed E-state index contributed by atoms with van der Waals surface area (Å²) < 4.78 is 7.13. The minimum Gasteiger partial charge on any atom is -0.373 e. The highest BCUT2D eigenvalue weighted by molar-refractivity contribution is 5.85. The molecule has 0 saturated carbocycles. The zero-order valence-electron chi connectivity index (χ0n) is 15.0. The van der Waals surface area contributed by atoms with Crippen LogP contribution in [-0.4, -0.2) is 76.6 Å². The van der Waals surface area contributed by atoms with Gasteiger partial charge in [0, 0.05) is 52.0 Å². The first-order valence-electron chi connectivity index (χ1n) is 8.97. The van der Waals surface area contributed by atoms with E-state index in [0.717, 1.165) is 12.8 Å². The number of likely N-dealkylation sites (tertiary alicyclic amines) is 1. The largest absolute Gasteiger partial charge is 0.373 e. The summed E-state index contributed by atoms with van der Waals surface area (Å²) in [6, 6.07) is 0. The summed E-state index contributed by atoms with van der Waals surface area (Å²) in [5.41, 5.74) is -0.208. The number of nitrogens with zero attached hydrogens (tertiary/aromatic N) is 4. The molecule has 2 aliphatic heterocycles. The first-order chi connectivity index (χ1) is 12.5. The van der Waals surface area contributed by atoms with Crippen molar-refractivity contribution in [1.82, 2.24) is 19.4 Å². The molecule has 2 fully saturated rings.